The van der Waals surface area contributed by atoms with E-state index in [0.717, 1.165) is 19.4 Å². The van der Waals surface area contributed by atoms with Crippen molar-refractivity contribution in [3.63, 3.8) is 0 Å². The van der Waals surface area contributed by atoms with Gasteiger partial charge in [0.25, 0.3) is 5.69 Å². The van der Waals surface area contributed by atoms with Crippen molar-refractivity contribution >= 4 is 29.1 Å². The summed E-state index contributed by atoms with van der Waals surface area (Å²) in [5.74, 6) is 0. The molecule has 130 valence electrons. The molecular weight excluding hydrogens is 340 g/mol. The van der Waals surface area contributed by atoms with E-state index in [-0.39, 0.29) is 23.6 Å². The van der Waals surface area contributed by atoms with E-state index >= 15 is 0 Å². The van der Waals surface area contributed by atoms with Gasteiger partial charge in [-0.3, -0.25) is 24.6 Å². The van der Waals surface area contributed by atoms with E-state index in [9.17, 15) is 24.8 Å². The van der Waals surface area contributed by atoms with E-state index in [1.807, 2.05) is 4.90 Å². The molecule has 1 fully saturated rings. The number of non-ortho nitro benzene ring substituents is 1. The van der Waals surface area contributed by atoms with Gasteiger partial charge in [-0.25, -0.2) is 0 Å². The lowest BCUT2D eigenvalue weighted by atomic mass is 10.1. The molecule has 0 bridgehead atoms. The SMILES string of the molecule is Cl.O=c1[nH]c2cc([N+](=O)[O-])cc(CN3CCCC(O)C3)c2[nH]c1=O. The molecule has 1 atom stereocenters. The van der Waals surface area contributed by atoms with Gasteiger partial charge in [-0.2, -0.15) is 0 Å². The summed E-state index contributed by atoms with van der Waals surface area (Å²) >= 11 is 0. The zero-order valence-electron chi connectivity index (χ0n) is 12.7. The maximum absolute atomic E-state index is 11.6. The third-order valence-corrected chi connectivity index (χ3v) is 3.98. The molecule has 0 aliphatic carbocycles. The Balaban J connectivity index is 0.00000208. The largest absolute Gasteiger partial charge is 0.392 e. The van der Waals surface area contributed by atoms with Gasteiger partial charge in [-0.05, 0) is 24.9 Å². The number of hydrogen-bond acceptors (Lipinski definition) is 6. The Morgan fingerprint density at radius 1 is 1.29 bits per heavy atom. The quantitative estimate of drug-likeness (QED) is 0.417. The lowest BCUT2D eigenvalue weighted by Gasteiger charge is -2.30. The molecule has 3 N–H and O–H groups in total. The van der Waals surface area contributed by atoms with Crippen LogP contribution in [0.4, 0.5) is 5.69 Å². The first-order valence-corrected chi connectivity index (χ1v) is 7.28. The predicted molar refractivity (Wildman–Crippen MR) is 89.6 cm³/mol. The van der Waals surface area contributed by atoms with Gasteiger partial charge in [0.05, 0.1) is 22.1 Å². The Labute approximate surface area is 141 Å². The molecule has 0 radical (unpaired) electrons. The summed E-state index contributed by atoms with van der Waals surface area (Å²) in [6.07, 6.45) is 1.14. The van der Waals surface area contributed by atoms with Gasteiger partial charge in [-0.1, -0.05) is 0 Å². The molecule has 2 aromatic rings. The highest BCUT2D eigenvalue weighted by molar-refractivity contribution is 5.85. The summed E-state index contributed by atoms with van der Waals surface area (Å²) in [6.45, 7) is 1.57. The second kappa shape index (κ2) is 7.12. The minimum Gasteiger partial charge on any atom is -0.392 e. The molecule has 1 aliphatic heterocycles. The lowest BCUT2D eigenvalue weighted by Crippen LogP contribution is -2.38. The fourth-order valence-electron chi connectivity index (χ4n) is 2.93. The molecule has 0 amide bonds. The summed E-state index contributed by atoms with van der Waals surface area (Å²) in [5, 5.41) is 20.8. The zero-order valence-corrected chi connectivity index (χ0v) is 13.5. The van der Waals surface area contributed by atoms with Crippen LogP contribution in [0.15, 0.2) is 21.7 Å². The Morgan fingerprint density at radius 2 is 2.00 bits per heavy atom. The van der Waals surface area contributed by atoms with Gasteiger partial charge in [0.2, 0.25) is 0 Å². The Hall–Kier alpha value is -2.23. The van der Waals surface area contributed by atoms with Gasteiger partial charge in [0, 0.05) is 25.2 Å². The van der Waals surface area contributed by atoms with Gasteiger partial charge in [0.15, 0.2) is 0 Å². The number of nitrogens with one attached hydrogen (secondary N) is 2. The number of hydrogen-bond donors (Lipinski definition) is 3. The number of aromatic amines is 2. The summed E-state index contributed by atoms with van der Waals surface area (Å²) < 4.78 is 0. The first-order chi connectivity index (χ1) is 10.9. The fraction of sp³-hybridized carbons (Fsp3) is 0.429. The van der Waals surface area contributed by atoms with Crippen LogP contribution >= 0.6 is 12.4 Å². The van der Waals surface area contributed by atoms with Crippen LogP contribution in [-0.2, 0) is 6.54 Å². The van der Waals surface area contributed by atoms with Crippen molar-refractivity contribution in [2.75, 3.05) is 13.1 Å². The average molecular weight is 357 g/mol. The maximum Gasteiger partial charge on any atom is 0.314 e. The van der Waals surface area contributed by atoms with Crippen LogP contribution in [0, 0.1) is 10.1 Å². The number of aliphatic hydroxyl groups is 1. The topological polar surface area (TPSA) is 132 Å². The number of aliphatic hydroxyl groups excluding tert-OH is 1. The highest BCUT2D eigenvalue weighted by Crippen LogP contribution is 2.24. The van der Waals surface area contributed by atoms with E-state index < -0.39 is 22.1 Å². The molecule has 2 heterocycles. The van der Waals surface area contributed by atoms with Crippen LogP contribution in [0.2, 0.25) is 0 Å². The number of likely N-dealkylation sites (tertiary alicyclic amines) is 1. The van der Waals surface area contributed by atoms with Crippen molar-refractivity contribution in [1.29, 1.82) is 0 Å². The second-order valence-electron chi connectivity index (χ2n) is 5.72. The minimum atomic E-state index is -0.850. The first kappa shape index (κ1) is 18.1. The van der Waals surface area contributed by atoms with Crippen LogP contribution in [-0.4, -0.2) is 44.1 Å². The van der Waals surface area contributed by atoms with E-state index in [1.54, 1.807) is 0 Å². The Morgan fingerprint density at radius 3 is 2.67 bits per heavy atom. The van der Waals surface area contributed by atoms with E-state index in [1.165, 1.54) is 12.1 Å². The zero-order chi connectivity index (χ0) is 16.6. The summed E-state index contributed by atoms with van der Waals surface area (Å²) in [4.78, 5) is 40.4. The summed E-state index contributed by atoms with van der Waals surface area (Å²) in [6, 6.07) is 2.61. The molecule has 24 heavy (non-hydrogen) atoms. The second-order valence-corrected chi connectivity index (χ2v) is 5.72. The molecule has 0 spiro atoms. The summed E-state index contributed by atoms with van der Waals surface area (Å²) in [7, 11) is 0. The molecular formula is C14H17ClN4O5. The number of aromatic nitrogens is 2. The molecule has 1 aromatic carbocycles. The lowest BCUT2D eigenvalue weighted by molar-refractivity contribution is -0.384. The van der Waals surface area contributed by atoms with Crippen molar-refractivity contribution in [2.45, 2.75) is 25.5 Å². The monoisotopic (exact) mass is 356 g/mol. The van der Waals surface area contributed by atoms with Crippen molar-refractivity contribution in [3.8, 4) is 0 Å². The average Bonchev–Trinajstić information content (AvgIpc) is 2.49. The highest BCUT2D eigenvalue weighted by Gasteiger charge is 2.20. The van der Waals surface area contributed by atoms with Gasteiger partial charge < -0.3 is 15.1 Å². The smallest absolute Gasteiger partial charge is 0.314 e. The molecule has 10 heteroatoms. The van der Waals surface area contributed by atoms with Crippen molar-refractivity contribution in [2.24, 2.45) is 0 Å². The summed E-state index contributed by atoms with van der Waals surface area (Å²) in [5.41, 5.74) is -0.676. The van der Waals surface area contributed by atoms with E-state index in [2.05, 4.69) is 9.97 Å². The minimum absolute atomic E-state index is 0. The molecule has 9 nitrogen and oxygen atoms in total. The number of nitro groups is 1. The van der Waals surface area contributed by atoms with Crippen molar-refractivity contribution < 1.29 is 10.0 Å². The highest BCUT2D eigenvalue weighted by atomic mass is 35.5. The number of halogens is 1. The number of β-amino-alcohol motifs (C(OH)–C–C–N with tert-alkyl or cyclic N) is 1. The third-order valence-electron chi connectivity index (χ3n) is 3.98. The molecule has 1 saturated heterocycles. The van der Waals surface area contributed by atoms with Crippen molar-refractivity contribution in [3.05, 3.63) is 48.5 Å². The molecule has 0 saturated carbocycles. The van der Waals surface area contributed by atoms with Gasteiger partial charge in [-0.15, -0.1) is 12.4 Å². The van der Waals surface area contributed by atoms with E-state index in [4.69, 9.17) is 0 Å². The molecule has 3 rings (SSSR count). The number of H-pyrrole nitrogens is 2. The number of nitrogens with zero attached hydrogens (tertiary/aromatic N) is 2. The molecule has 1 aliphatic rings. The normalized spacial score (nSPS) is 18.3. The standard InChI is InChI=1S/C14H16N4O5.ClH/c19-10-2-1-3-17(7-10)6-8-4-9(18(22)23)5-11-12(8)16-14(21)13(20)15-11;/h4-5,10,19H,1-3,6-7H2,(H,15,20)(H,16,21);1H. The van der Waals surface area contributed by atoms with Gasteiger partial charge >= 0.3 is 11.1 Å². The maximum atomic E-state index is 11.6. The van der Waals surface area contributed by atoms with Crippen LogP contribution in [0.3, 0.4) is 0 Å². The van der Waals surface area contributed by atoms with Crippen molar-refractivity contribution in [1.82, 2.24) is 14.9 Å². The predicted octanol–water partition coefficient (Wildman–Crippen LogP) is 0.503. The van der Waals surface area contributed by atoms with Crippen LogP contribution in [0.25, 0.3) is 11.0 Å². The Bertz CT molecular complexity index is 878. The molecule has 1 unspecified atom stereocenters. The number of nitro benzene ring substituents is 1. The van der Waals surface area contributed by atoms with Crippen LogP contribution in [0.5, 0.6) is 0 Å². The first-order valence-electron chi connectivity index (χ1n) is 7.28. The third kappa shape index (κ3) is 3.64. The number of fused-ring (bicyclic) bond motifs is 1. The fourth-order valence-corrected chi connectivity index (χ4v) is 2.93. The number of benzene rings is 1. The van der Waals surface area contributed by atoms with Gasteiger partial charge in [0.1, 0.15) is 0 Å². The number of rotatable bonds is 3. The van der Waals surface area contributed by atoms with E-state index in [0.29, 0.717) is 24.2 Å². The molecule has 1 aromatic heterocycles. The number of piperidine rings is 1. The Kier molecular flexibility index (Phi) is 5.37. The van der Waals surface area contributed by atoms with Crippen LogP contribution < -0.4 is 11.1 Å². The van der Waals surface area contributed by atoms with Crippen LogP contribution in [0.1, 0.15) is 18.4 Å².